The number of rotatable bonds is 4. The third kappa shape index (κ3) is 4.52. The lowest BCUT2D eigenvalue weighted by atomic mass is 10.1. The number of benzene rings is 1. The van der Waals surface area contributed by atoms with Gasteiger partial charge in [0.2, 0.25) is 11.8 Å². The van der Waals surface area contributed by atoms with Crippen molar-refractivity contribution in [2.45, 2.75) is 51.5 Å². The summed E-state index contributed by atoms with van der Waals surface area (Å²) in [4.78, 5) is 26.3. The van der Waals surface area contributed by atoms with Crippen LogP contribution in [0.3, 0.4) is 0 Å². The molecule has 1 saturated carbocycles. The van der Waals surface area contributed by atoms with Gasteiger partial charge in [0.25, 0.3) is 0 Å². The van der Waals surface area contributed by atoms with E-state index in [0.717, 1.165) is 24.9 Å². The van der Waals surface area contributed by atoms with E-state index in [0.29, 0.717) is 17.7 Å². The predicted molar refractivity (Wildman–Crippen MR) is 106 cm³/mol. The van der Waals surface area contributed by atoms with Crippen molar-refractivity contribution in [3.05, 3.63) is 29.8 Å². The number of hydrazine groups is 1. The van der Waals surface area contributed by atoms with Gasteiger partial charge in [-0.15, -0.1) is 0 Å². The molecule has 2 aliphatic rings. The van der Waals surface area contributed by atoms with Crippen LogP contribution in [0.5, 0.6) is 0 Å². The van der Waals surface area contributed by atoms with Crippen LogP contribution in [-0.4, -0.2) is 29.5 Å². The molecule has 1 saturated heterocycles. The van der Waals surface area contributed by atoms with Gasteiger partial charge in [-0.2, -0.15) is 0 Å². The van der Waals surface area contributed by atoms with Crippen molar-refractivity contribution < 1.29 is 9.59 Å². The van der Waals surface area contributed by atoms with E-state index in [2.05, 4.69) is 23.1 Å². The number of thiocarbonyl (C=S) groups is 1. The van der Waals surface area contributed by atoms with Crippen LogP contribution in [0, 0.1) is 5.92 Å². The number of amides is 2. The largest absolute Gasteiger partial charge is 0.359 e. The van der Waals surface area contributed by atoms with Crippen LogP contribution < -0.4 is 21.1 Å². The van der Waals surface area contributed by atoms with Crippen LogP contribution in [0.25, 0.3) is 0 Å². The minimum absolute atomic E-state index is 0.0268. The third-order valence-electron chi connectivity index (χ3n) is 5.14. The van der Waals surface area contributed by atoms with Gasteiger partial charge in [-0.3, -0.25) is 20.4 Å². The first-order valence-electron chi connectivity index (χ1n) is 9.32. The fourth-order valence-corrected chi connectivity index (χ4v) is 3.77. The number of anilines is 1. The lowest BCUT2D eigenvalue weighted by molar-refractivity contribution is -0.126. The van der Waals surface area contributed by atoms with Crippen LogP contribution in [0.2, 0.25) is 0 Å². The fraction of sp³-hybridized carbons (Fsp3) is 0.526. The third-order valence-corrected chi connectivity index (χ3v) is 5.36. The summed E-state index contributed by atoms with van der Waals surface area (Å²) < 4.78 is 0. The monoisotopic (exact) mass is 374 g/mol. The highest BCUT2D eigenvalue weighted by Gasteiger charge is 2.35. The maximum absolute atomic E-state index is 12.4. The molecule has 3 rings (SSSR count). The molecule has 140 valence electrons. The van der Waals surface area contributed by atoms with Gasteiger partial charge >= 0.3 is 0 Å². The van der Waals surface area contributed by atoms with E-state index in [1.54, 1.807) is 4.90 Å². The number of hydrogen-bond donors (Lipinski definition) is 3. The Morgan fingerprint density at radius 1 is 1.19 bits per heavy atom. The molecule has 1 aromatic carbocycles. The number of carbonyl (C=O) groups excluding carboxylic acids is 2. The Kier molecular flexibility index (Phi) is 6.08. The summed E-state index contributed by atoms with van der Waals surface area (Å²) in [5.41, 5.74) is 7.47. The maximum Gasteiger partial charge on any atom is 0.243 e. The maximum atomic E-state index is 12.4. The van der Waals surface area contributed by atoms with Crippen LogP contribution in [0.1, 0.15) is 44.6 Å². The molecule has 1 aromatic rings. The zero-order valence-electron chi connectivity index (χ0n) is 15.1. The molecule has 0 unspecified atom stereocenters. The molecular weight excluding hydrogens is 348 g/mol. The first-order chi connectivity index (χ1) is 12.6. The van der Waals surface area contributed by atoms with Crippen LogP contribution in [0.15, 0.2) is 24.3 Å². The van der Waals surface area contributed by atoms with E-state index in [1.807, 2.05) is 24.3 Å². The first-order valence-corrected chi connectivity index (χ1v) is 9.73. The molecule has 2 fully saturated rings. The van der Waals surface area contributed by atoms with Gasteiger partial charge < -0.3 is 10.2 Å². The second-order valence-electron chi connectivity index (χ2n) is 6.99. The highest BCUT2D eigenvalue weighted by atomic mass is 32.1. The van der Waals surface area contributed by atoms with Crippen molar-refractivity contribution in [3.8, 4) is 0 Å². The fourth-order valence-electron chi connectivity index (χ4n) is 3.56. The van der Waals surface area contributed by atoms with Gasteiger partial charge in [-0.1, -0.05) is 31.9 Å². The molecule has 2 amide bonds. The van der Waals surface area contributed by atoms with Crippen molar-refractivity contribution in [1.29, 1.82) is 0 Å². The summed E-state index contributed by atoms with van der Waals surface area (Å²) >= 11 is 5.22. The zero-order valence-corrected chi connectivity index (χ0v) is 15.9. The van der Waals surface area contributed by atoms with E-state index >= 15 is 0 Å². The molecule has 7 heteroatoms. The Balaban J connectivity index is 1.49. The van der Waals surface area contributed by atoms with Crippen molar-refractivity contribution in [1.82, 2.24) is 16.2 Å². The Morgan fingerprint density at radius 3 is 2.54 bits per heavy atom. The van der Waals surface area contributed by atoms with E-state index in [-0.39, 0.29) is 24.2 Å². The van der Waals surface area contributed by atoms with Gasteiger partial charge in [0, 0.05) is 24.7 Å². The minimum Gasteiger partial charge on any atom is -0.359 e. The normalized spacial score (nSPS) is 20.3. The van der Waals surface area contributed by atoms with Crippen LogP contribution >= 0.6 is 12.2 Å². The summed E-state index contributed by atoms with van der Waals surface area (Å²) in [7, 11) is 0. The SMILES string of the molecule is CCc1ccc(N2C[C@@H](C(=O)NNC(=S)NC3CCCC3)CC2=O)cc1. The lowest BCUT2D eigenvalue weighted by Crippen LogP contribution is -2.50. The Hall–Kier alpha value is -2.15. The second-order valence-corrected chi connectivity index (χ2v) is 7.40. The van der Waals surface area contributed by atoms with Crippen molar-refractivity contribution in [2.75, 3.05) is 11.4 Å². The van der Waals surface area contributed by atoms with Gasteiger partial charge in [0.15, 0.2) is 5.11 Å². The van der Waals surface area contributed by atoms with Gasteiger partial charge in [0.1, 0.15) is 0 Å². The van der Waals surface area contributed by atoms with Crippen molar-refractivity contribution in [2.24, 2.45) is 5.92 Å². The molecule has 3 N–H and O–H groups in total. The number of nitrogens with one attached hydrogen (secondary N) is 3. The van der Waals surface area contributed by atoms with E-state index in [9.17, 15) is 9.59 Å². The zero-order chi connectivity index (χ0) is 18.5. The smallest absolute Gasteiger partial charge is 0.243 e. The van der Waals surface area contributed by atoms with Crippen LogP contribution in [0.4, 0.5) is 5.69 Å². The predicted octanol–water partition coefficient (Wildman–Crippen LogP) is 2.04. The highest BCUT2D eigenvalue weighted by molar-refractivity contribution is 7.80. The van der Waals surface area contributed by atoms with Crippen molar-refractivity contribution >= 4 is 34.8 Å². The summed E-state index contributed by atoms with van der Waals surface area (Å²) in [5.74, 6) is -0.613. The molecule has 1 atom stereocenters. The summed E-state index contributed by atoms with van der Waals surface area (Å²) in [5, 5.41) is 3.64. The average Bonchev–Trinajstić information content (AvgIpc) is 3.29. The number of hydrogen-bond acceptors (Lipinski definition) is 3. The highest BCUT2D eigenvalue weighted by Crippen LogP contribution is 2.25. The van der Waals surface area contributed by atoms with Crippen molar-refractivity contribution in [3.63, 3.8) is 0 Å². The lowest BCUT2D eigenvalue weighted by Gasteiger charge is -2.18. The summed E-state index contributed by atoms with van der Waals surface area (Å²) in [6, 6.07) is 8.31. The number of aryl methyl sites for hydroxylation is 1. The molecule has 0 bridgehead atoms. The van der Waals surface area contributed by atoms with Crippen LogP contribution in [-0.2, 0) is 16.0 Å². The quantitative estimate of drug-likeness (QED) is 0.556. The van der Waals surface area contributed by atoms with Gasteiger partial charge in [0.05, 0.1) is 5.92 Å². The first kappa shape index (κ1) is 18.6. The topological polar surface area (TPSA) is 73.5 Å². The molecule has 0 spiro atoms. The van der Waals surface area contributed by atoms with Gasteiger partial charge in [-0.05, 0) is 49.2 Å². The van der Waals surface area contributed by atoms with E-state index in [1.165, 1.54) is 18.4 Å². The van der Waals surface area contributed by atoms with E-state index < -0.39 is 0 Å². The number of nitrogens with zero attached hydrogens (tertiary/aromatic N) is 1. The molecule has 1 aliphatic carbocycles. The summed E-state index contributed by atoms with van der Waals surface area (Å²) in [6.07, 6.45) is 5.82. The molecule has 0 aromatic heterocycles. The molecule has 0 radical (unpaired) electrons. The standard InChI is InChI=1S/C19H26N4O2S/c1-2-13-7-9-16(10-8-13)23-12-14(11-17(23)24)18(25)21-22-19(26)20-15-5-3-4-6-15/h7-10,14-15H,2-6,11-12H2,1H3,(H,21,25)(H2,20,22,26)/t14-/m0/s1. The molecule has 26 heavy (non-hydrogen) atoms. The Labute approximate surface area is 159 Å². The molecule has 1 aliphatic heterocycles. The second kappa shape index (κ2) is 8.49. The summed E-state index contributed by atoms with van der Waals surface area (Å²) in [6.45, 7) is 2.48. The minimum atomic E-state index is -0.380. The Morgan fingerprint density at radius 2 is 1.88 bits per heavy atom. The molecular formula is C19H26N4O2S. The molecule has 1 heterocycles. The Bertz CT molecular complexity index is 671. The van der Waals surface area contributed by atoms with E-state index in [4.69, 9.17) is 12.2 Å². The molecule has 6 nitrogen and oxygen atoms in total. The number of carbonyl (C=O) groups is 2. The van der Waals surface area contributed by atoms with Gasteiger partial charge in [-0.25, -0.2) is 0 Å². The average molecular weight is 375 g/mol.